The third-order valence-electron chi connectivity index (χ3n) is 4.16. The van der Waals surface area contributed by atoms with E-state index < -0.39 is 0 Å². The van der Waals surface area contributed by atoms with Crippen LogP contribution in [0.3, 0.4) is 0 Å². The van der Waals surface area contributed by atoms with Crippen LogP contribution in [0.1, 0.15) is 72.6 Å². The fourth-order valence-electron chi connectivity index (χ4n) is 2.67. The van der Waals surface area contributed by atoms with E-state index in [0.717, 1.165) is 13.2 Å². The highest BCUT2D eigenvalue weighted by atomic mass is 16.5. The van der Waals surface area contributed by atoms with Crippen molar-refractivity contribution >= 4 is 0 Å². The van der Waals surface area contributed by atoms with Crippen molar-refractivity contribution in [3.63, 3.8) is 0 Å². The highest BCUT2D eigenvalue weighted by molar-refractivity contribution is 4.78. The van der Waals surface area contributed by atoms with Crippen LogP contribution in [0.4, 0.5) is 0 Å². The maximum atomic E-state index is 6.00. The zero-order chi connectivity index (χ0) is 13.4. The van der Waals surface area contributed by atoms with Crippen LogP contribution in [-0.2, 0) is 4.74 Å². The molecule has 0 radical (unpaired) electrons. The summed E-state index contributed by atoms with van der Waals surface area (Å²) in [5.41, 5.74) is 0.554. The summed E-state index contributed by atoms with van der Waals surface area (Å²) >= 11 is 0. The van der Waals surface area contributed by atoms with E-state index in [9.17, 15) is 0 Å². The second kappa shape index (κ2) is 8.16. The third-order valence-corrected chi connectivity index (χ3v) is 4.16. The van der Waals surface area contributed by atoms with Crippen LogP contribution in [0.5, 0.6) is 0 Å². The van der Waals surface area contributed by atoms with Crippen molar-refractivity contribution in [3.05, 3.63) is 0 Å². The van der Waals surface area contributed by atoms with Gasteiger partial charge in [-0.3, -0.25) is 0 Å². The van der Waals surface area contributed by atoms with Crippen LogP contribution in [0.2, 0.25) is 0 Å². The fourth-order valence-corrected chi connectivity index (χ4v) is 2.67. The summed E-state index contributed by atoms with van der Waals surface area (Å²) in [6.45, 7) is 11.3. The monoisotopic (exact) mass is 255 g/mol. The second-order valence-corrected chi connectivity index (χ2v) is 6.73. The average molecular weight is 255 g/mol. The molecule has 108 valence electrons. The van der Waals surface area contributed by atoms with Crippen LogP contribution in [0.25, 0.3) is 0 Å². The molecule has 0 aromatic heterocycles. The highest BCUT2D eigenvalue weighted by Crippen LogP contribution is 2.36. The lowest BCUT2D eigenvalue weighted by atomic mass is 9.76. The fraction of sp³-hybridized carbons (Fsp3) is 1.00. The van der Waals surface area contributed by atoms with Crippen molar-refractivity contribution in [2.45, 2.75) is 84.8 Å². The van der Waals surface area contributed by atoms with Crippen LogP contribution >= 0.6 is 0 Å². The summed E-state index contributed by atoms with van der Waals surface area (Å²) in [4.78, 5) is 0. The molecule has 0 aliphatic heterocycles. The van der Waals surface area contributed by atoms with Crippen molar-refractivity contribution in [1.29, 1.82) is 0 Å². The summed E-state index contributed by atoms with van der Waals surface area (Å²) in [5, 5.41) is 3.53. The molecule has 0 heterocycles. The molecule has 0 saturated heterocycles. The topological polar surface area (TPSA) is 21.3 Å². The molecular formula is C16H33NO. The summed E-state index contributed by atoms with van der Waals surface area (Å²) < 4.78 is 6.00. The van der Waals surface area contributed by atoms with Crippen molar-refractivity contribution in [1.82, 2.24) is 5.32 Å². The Balaban J connectivity index is 1.98. The average Bonchev–Trinajstić information content (AvgIpc) is 2.34. The molecule has 1 fully saturated rings. The van der Waals surface area contributed by atoms with E-state index in [1.54, 1.807) is 0 Å². The molecule has 0 amide bonds. The van der Waals surface area contributed by atoms with Crippen molar-refractivity contribution in [2.24, 2.45) is 5.41 Å². The lowest BCUT2D eigenvalue weighted by molar-refractivity contribution is 0.00232. The van der Waals surface area contributed by atoms with E-state index in [4.69, 9.17) is 4.74 Å². The van der Waals surface area contributed by atoms with Gasteiger partial charge in [0.25, 0.3) is 0 Å². The molecule has 1 aliphatic carbocycles. The number of nitrogens with one attached hydrogen (secondary N) is 1. The molecule has 2 heteroatoms. The van der Waals surface area contributed by atoms with E-state index in [-0.39, 0.29) is 0 Å². The first-order chi connectivity index (χ1) is 8.53. The SMILES string of the molecule is CCCNC(C)CCCOC1CCC(C)(C)CC1. The number of ether oxygens (including phenoxy) is 1. The van der Waals surface area contributed by atoms with E-state index in [1.165, 1.54) is 44.9 Å². The summed E-state index contributed by atoms with van der Waals surface area (Å²) in [6.07, 6.45) is 9.36. The standard InChI is InChI=1S/C16H33NO/c1-5-12-17-14(2)7-6-13-18-15-8-10-16(3,4)11-9-15/h14-15,17H,5-13H2,1-4H3. The Bertz CT molecular complexity index is 205. The normalized spacial score (nSPS) is 22.0. The van der Waals surface area contributed by atoms with Crippen LogP contribution in [-0.4, -0.2) is 25.3 Å². The Hall–Kier alpha value is -0.0800. The van der Waals surface area contributed by atoms with Gasteiger partial charge in [-0.25, -0.2) is 0 Å². The minimum Gasteiger partial charge on any atom is -0.378 e. The first kappa shape index (κ1) is 16.0. The van der Waals surface area contributed by atoms with Crippen LogP contribution in [0.15, 0.2) is 0 Å². The van der Waals surface area contributed by atoms with Gasteiger partial charge in [-0.2, -0.15) is 0 Å². The minimum atomic E-state index is 0.539. The van der Waals surface area contributed by atoms with E-state index >= 15 is 0 Å². The first-order valence-electron chi connectivity index (χ1n) is 7.88. The van der Waals surface area contributed by atoms with Crippen LogP contribution in [0, 0.1) is 5.41 Å². The number of rotatable bonds is 8. The lowest BCUT2D eigenvalue weighted by Gasteiger charge is -2.34. The Kier molecular flexibility index (Phi) is 7.25. The van der Waals surface area contributed by atoms with Crippen LogP contribution < -0.4 is 5.32 Å². The van der Waals surface area contributed by atoms with Gasteiger partial charge in [-0.05, 0) is 63.8 Å². The van der Waals surface area contributed by atoms with Gasteiger partial charge in [0.15, 0.2) is 0 Å². The minimum absolute atomic E-state index is 0.539. The van der Waals surface area contributed by atoms with Gasteiger partial charge in [-0.15, -0.1) is 0 Å². The predicted octanol–water partition coefficient (Wildman–Crippen LogP) is 4.14. The maximum Gasteiger partial charge on any atom is 0.0575 e. The second-order valence-electron chi connectivity index (χ2n) is 6.73. The molecular weight excluding hydrogens is 222 g/mol. The molecule has 0 spiro atoms. The van der Waals surface area contributed by atoms with E-state index in [0.29, 0.717) is 17.6 Å². The zero-order valence-corrected chi connectivity index (χ0v) is 12.9. The van der Waals surface area contributed by atoms with E-state index in [2.05, 4.69) is 33.0 Å². The molecule has 1 atom stereocenters. The highest BCUT2D eigenvalue weighted by Gasteiger charge is 2.26. The molecule has 2 nitrogen and oxygen atoms in total. The van der Waals surface area contributed by atoms with Gasteiger partial charge in [0.2, 0.25) is 0 Å². The molecule has 1 aliphatic rings. The number of hydrogen-bond donors (Lipinski definition) is 1. The smallest absolute Gasteiger partial charge is 0.0575 e. The molecule has 0 aromatic carbocycles. The molecule has 1 N–H and O–H groups in total. The molecule has 1 rings (SSSR count). The zero-order valence-electron chi connectivity index (χ0n) is 12.9. The molecule has 18 heavy (non-hydrogen) atoms. The van der Waals surface area contributed by atoms with Crippen molar-refractivity contribution in [3.8, 4) is 0 Å². The Labute approximate surface area is 114 Å². The summed E-state index contributed by atoms with van der Waals surface area (Å²) in [7, 11) is 0. The Morgan fingerprint density at radius 2 is 1.94 bits per heavy atom. The molecule has 0 aromatic rings. The maximum absolute atomic E-state index is 6.00. The Morgan fingerprint density at radius 3 is 2.56 bits per heavy atom. The predicted molar refractivity (Wildman–Crippen MR) is 79.0 cm³/mol. The van der Waals surface area contributed by atoms with Gasteiger partial charge in [0.05, 0.1) is 6.10 Å². The first-order valence-corrected chi connectivity index (χ1v) is 7.88. The van der Waals surface area contributed by atoms with Gasteiger partial charge < -0.3 is 10.1 Å². The lowest BCUT2D eigenvalue weighted by Crippen LogP contribution is -2.28. The van der Waals surface area contributed by atoms with Crippen molar-refractivity contribution in [2.75, 3.05) is 13.2 Å². The van der Waals surface area contributed by atoms with Gasteiger partial charge >= 0.3 is 0 Å². The summed E-state index contributed by atoms with van der Waals surface area (Å²) in [5.74, 6) is 0. The molecule has 1 unspecified atom stereocenters. The Morgan fingerprint density at radius 1 is 1.28 bits per heavy atom. The van der Waals surface area contributed by atoms with Gasteiger partial charge in [0.1, 0.15) is 0 Å². The largest absolute Gasteiger partial charge is 0.378 e. The number of hydrogen-bond acceptors (Lipinski definition) is 2. The quantitative estimate of drug-likeness (QED) is 0.658. The molecule has 0 bridgehead atoms. The van der Waals surface area contributed by atoms with Gasteiger partial charge in [0, 0.05) is 12.6 Å². The van der Waals surface area contributed by atoms with Crippen molar-refractivity contribution < 1.29 is 4.74 Å². The molecule has 1 saturated carbocycles. The van der Waals surface area contributed by atoms with Gasteiger partial charge in [-0.1, -0.05) is 20.8 Å². The van der Waals surface area contributed by atoms with E-state index in [1.807, 2.05) is 0 Å². The third kappa shape index (κ3) is 6.75. The summed E-state index contributed by atoms with van der Waals surface area (Å²) in [6, 6.07) is 0.638.